The highest BCUT2D eigenvalue weighted by Gasteiger charge is 2.12. The molecule has 0 aliphatic heterocycles. The summed E-state index contributed by atoms with van der Waals surface area (Å²) in [4.78, 5) is 11.5. The molecule has 2 N–H and O–H groups in total. The summed E-state index contributed by atoms with van der Waals surface area (Å²) in [5, 5.41) is 5.35. The van der Waals surface area contributed by atoms with Crippen LogP contribution >= 0.6 is 11.6 Å². The molecule has 1 amide bonds. The fraction of sp³-hybridized carbons (Fsp3) is 0.300. The first-order chi connectivity index (χ1) is 7.16. The third-order valence-corrected chi connectivity index (χ3v) is 2.24. The zero-order chi connectivity index (χ0) is 11.3. The van der Waals surface area contributed by atoms with Crippen molar-refractivity contribution in [1.82, 2.24) is 10.6 Å². The number of likely N-dealkylation sites (N-methyl/N-ethyl adjacent to an activating group) is 1. The van der Waals surface area contributed by atoms with E-state index in [1.165, 1.54) is 18.2 Å². The summed E-state index contributed by atoms with van der Waals surface area (Å²) >= 11 is 5.65. The molecule has 1 aromatic carbocycles. The molecule has 0 unspecified atom stereocenters. The normalized spacial score (nSPS) is 10.1. The van der Waals surface area contributed by atoms with E-state index in [9.17, 15) is 9.18 Å². The van der Waals surface area contributed by atoms with Crippen LogP contribution in [0.3, 0.4) is 0 Å². The molecule has 0 saturated carbocycles. The predicted molar refractivity (Wildman–Crippen MR) is 57.7 cm³/mol. The lowest BCUT2D eigenvalue weighted by atomic mass is 10.2. The topological polar surface area (TPSA) is 41.1 Å². The smallest absolute Gasteiger partial charge is 0.252 e. The van der Waals surface area contributed by atoms with E-state index in [1.807, 2.05) is 0 Å². The van der Waals surface area contributed by atoms with Crippen LogP contribution < -0.4 is 10.6 Å². The minimum atomic E-state index is -0.585. The molecular weight excluding hydrogens is 219 g/mol. The van der Waals surface area contributed by atoms with Gasteiger partial charge in [0, 0.05) is 13.1 Å². The maximum atomic E-state index is 13.0. The molecule has 0 radical (unpaired) electrons. The highest BCUT2D eigenvalue weighted by Crippen LogP contribution is 2.19. The van der Waals surface area contributed by atoms with Gasteiger partial charge in [-0.3, -0.25) is 4.79 Å². The van der Waals surface area contributed by atoms with Gasteiger partial charge >= 0.3 is 0 Å². The third kappa shape index (κ3) is 3.18. The fourth-order valence-corrected chi connectivity index (χ4v) is 1.29. The number of nitrogens with one attached hydrogen (secondary N) is 2. The monoisotopic (exact) mass is 230 g/mol. The zero-order valence-corrected chi connectivity index (χ0v) is 9.07. The van der Waals surface area contributed by atoms with Crippen LogP contribution in [0, 0.1) is 5.82 Å². The molecule has 0 aromatic heterocycles. The Balaban J connectivity index is 2.69. The maximum absolute atomic E-state index is 13.0. The maximum Gasteiger partial charge on any atom is 0.252 e. The summed E-state index contributed by atoms with van der Waals surface area (Å²) < 4.78 is 13.0. The fourth-order valence-electron chi connectivity index (χ4n) is 1.08. The van der Waals surface area contributed by atoms with Crippen molar-refractivity contribution in [2.75, 3.05) is 20.1 Å². The number of carbonyl (C=O) groups is 1. The minimum absolute atomic E-state index is 0.139. The van der Waals surface area contributed by atoms with Crippen LogP contribution in [0.15, 0.2) is 18.2 Å². The molecular formula is C10H12ClFN2O. The van der Waals surface area contributed by atoms with E-state index in [4.69, 9.17) is 11.6 Å². The van der Waals surface area contributed by atoms with E-state index in [2.05, 4.69) is 10.6 Å². The molecule has 0 spiro atoms. The van der Waals surface area contributed by atoms with Gasteiger partial charge < -0.3 is 10.6 Å². The van der Waals surface area contributed by atoms with Crippen molar-refractivity contribution in [3.8, 4) is 0 Å². The Morgan fingerprint density at radius 1 is 1.47 bits per heavy atom. The molecule has 1 aromatic rings. The quantitative estimate of drug-likeness (QED) is 0.769. The molecule has 15 heavy (non-hydrogen) atoms. The lowest BCUT2D eigenvalue weighted by molar-refractivity contribution is 0.0954. The average molecular weight is 231 g/mol. The molecule has 0 bridgehead atoms. The summed E-state index contributed by atoms with van der Waals surface area (Å²) in [5.41, 5.74) is 0.160. The molecule has 1 rings (SSSR count). The van der Waals surface area contributed by atoms with E-state index < -0.39 is 5.82 Å². The van der Waals surface area contributed by atoms with Crippen LogP contribution in [-0.2, 0) is 0 Å². The number of hydrogen-bond acceptors (Lipinski definition) is 2. The van der Waals surface area contributed by atoms with Gasteiger partial charge in [0.15, 0.2) is 0 Å². The lowest BCUT2D eigenvalue weighted by Crippen LogP contribution is -2.30. The van der Waals surface area contributed by atoms with Crippen LogP contribution in [0.5, 0.6) is 0 Å². The largest absolute Gasteiger partial charge is 0.351 e. The van der Waals surface area contributed by atoms with Crippen molar-refractivity contribution in [2.24, 2.45) is 0 Å². The zero-order valence-electron chi connectivity index (χ0n) is 8.31. The Labute approximate surface area is 92.6 Å². The summed E-state index contributed by atoms with van der Waals surface area (Å²) in [5.74, 6) is -0.951. The van der Waals surface area contributed by atoms with E-state index in [0.29, 0.717) is 13.1 Å². The van der Waals surface area contributed by atoms with Crippen molar-refractivity contribution < 1.29 is 9.18 Å². The van der Waals surface area contributed by atoms with Crippen molar-refractivity contribution in [3.63, 3.8) is 0 Å². The highest BCUT2D eigenvalue weighted by atomic mass is 35.5. The first kappa shape index (κ1) is 11.9. The number of hydrogen-bond donors (Lipinski definition) is 2. The van der Waals surface area contributed by atoms with Crippen molar-refractivity contribution in [2.45, 2.75) is 0 Å². The lowest BCUT2D eigenvalue weighted by Gasteiger charge is -2.06. The Kier molecular flexibility index (Phi) is 4.52. The van der Waals surface area contributed by atoms with E-state index in [0.717, 1.165) is 0 Å². The Morgan fingerprint density at radius 2 is 2.20 bits per heavy atom. The van der Waals surface area contributed by atoms with Crippen molar-refractivity contribution in [1.29, 1.82) is 0 Å². The molecule has 0 aliphatic rings. The Hall–Kier alpha value is -1.13. The number of amides is 1. The van der Waals surface area contributed by atoms with Gasteiger partial charge in [0.05, 0.1) is 10.6 Å². The molecule has 0 saturated heterocycles. The molecule has 0 aliphatic carbocycles. The highest BCUT2D eigenvalue weighted by molar-refractivity contribution is 6.34. The first-order valence-corrected chi connectivity index (χ1v) is 4.91. The molecule has 0 fully saturated rings. The van der Waals surface area contributed by atoms with Crippen LogP contribution in [0.4, 0.5) is 4.39 Å². The second-order valence-electron chi connectivity index (χ2n) is 2.96. The van der Waals surface area contributed by atoms with Crippen molar-refractivity contribution in [3.05, 3.63) is 34.6 Å². The van der Waals surface area contributed by atoms with E-state index >= 15 is 0 Å². The summed E-state index contributed by atoms with van der Waals surface area (Å²) in [7, 11) is 1.78. The SMILES string of the molecule is CNCCNC(=O)c1cccc(F)c1Cl. The average Bonchev–Trinajstić information content (AvgIpc) is 2.22. The second-order valence-corrected chi connectivity index (χ2v) is 3.34. The first-order valence-electron chi connectivity index (χ1n) is 4.53. The van der Waals surface area contributed by atoms with Crippen LogP contribution in [-0.4, -0.2) is 26.0 Å². The van der Waals surface area contributed by atoms with Gasteiger partial charge in [-0.2, -0.15) is 0 Å². The van der Waals surface area contributed by atoms with E-state index in [-0.39, 0.29) is 16.5 Å². The number of rotatable bonds is 4. The van der Waals surface area contributed by atoms with Gasteiger partial charge in [0.2, 0.25) is 0 Å². The molecule has 0 atom stereocenters. The molecule has 5 heteroatoms. The third-order valence-electron chi connectivity index (χ3n) is 1.86. The molecule has 3 nitrogen and oxygen atoms in total. The molecule has 0 heterocycles. The summed E-state index contributed by atoms with van der Waals surface area (Å²) in [6.07, 6.45) is 0. The van der Waals surface area contributed by atoms with Gasteiger partial charge in [0.25, 0.3) is 5.91 Å². The van der Waals surface area contributed by atoms with Crippen LogP contribution in [0.25, 0.3) is 0 Å². The summed E-state index contributed by atoms with van der Waals surface area (Å²) in [6, 6.07) is 4.15. The van der Waals surface area contributed by atoms with Gasteiger partial charge in [-0.05, 0) is 19.2 Å². The number of carbonyl (C=O) groups excluding carboxylic acids is 1. The number of benzene rings is 1. The summed E-state index contributed by atoms with van der Waals surface area (Å²) in [6.45, 7) is 1.13. The van der Waals surface area contributed by atoms with Crippen LogP contribution in [0.2, 0.25) is 5.02 Å². The van der Waals surface area contributed by atoms with Crippen LogP contribution in [0.1, 0.15) is 10.4 Å². The second kappa shape index (κ2) is 5.68. The van der Waals surface area contributed by atoms with E-state index in [1.54, 1.807) is 7.05 Å². The van der Waals surface area contributed by atoms with Gasteiger partial charge in [0.1, 0.15) is 5.82 Å². The predicted octanol–water partition coefficient (Wildman–Crippen LogP) is 1.43. The Morgan fingerprint density at radius 3 is 2.87 bits per heavy atom. The Bertz CT molecular complexity index is 357. The standard InChI is InChI=1S/C10H12ClFN2O/c1-13-5-6-14-10(15)7-3-2-4-8(12)9(7)11/h2-4,13H,5-6H2,1H3,(H,14,15). The number of halogens is 2. The minimum Gasteiger partial charge on any atom is -0.351 e. The van der Waals surface area contributed by atoms with Gasteiger partial charge in [-0.25, -0.2) is 4.39 Å². The molecule has 82 valence electrons. The van der Waals surface area contributed by atoms with Gasteiger partial charge in [-0.1, -0.05) is 17.7 Å². The van der Waals surface area contributed by atoms with Gasteiger partial charge in [-0.15, -0.1) is 0 Å². The van der Waals surface area contributed by atoms with Crippen molar-refractivity contribution >= 4 is 17.5 Å².